The van der Waals surface area contributed by atoms with E-state index in [1.54, 1.807) is 24.3 Å². The molecule has 0 aliphatic carbocycles. The monoisotopic (exact) mass is 329 g/mol. The van der Waals surface area contributed by atoms with Crippen molar-refractivity contribution in [1.82, 2.24) is 0 Å². The summed E-state index contributed by atoms with van der Waals surface area (Å²) in [7, 11) is 0. The van der Waals surface area contributed by atoms with E-state index in [0.717, 1.165) is 5.69 Å². The number of aromatic carboxylic acids is 1. The number of benzene rings is 2. The quantitative estimate of drug-likeness (QED) is 0.779. The van der Waals surface area contributed by atoms with Crippen LogP contribution in [0.2, 0.25) is 15.1 Å². The molecule has 104 valence electrons. The summed E-state index contributed by atoms with van der Waals surface area (Å²) in [6.45, 7) is 0.393. The summed E-state index contributed by atoms with van der Waals surface area (Å²) in [5, 5.41) is 13.3. The topological polar surface area (TPSA) is 49.3 Å². The second-order valence-corrected chi connectivity index (χ2v) is 5.25. The minimum absolute atomic E-state index is 0.231. The fraction of sp³-hybridized carbons (Fsp3) is 0.0714. The molecule has 20 heavy (non-hydrogen) atoms. The zero-order valence-electron chi connectivity index (χ0n) is 10.2. The largest absolute Gasteiger partial charge is 0.478 e. The number of nitrogens with one attached hydrogen (secondary N) is 1. The number of rotatable bonds is 4. The Bertz CT molecular complexity index is 642. The molecule has 0 saturated heterocycles. The number of hydrogen-bond donors (Lipinski definition) is 2. The third-order valence-corrected chi connectivity index (χ3v) is 3.94. The van der Waals surface area contributed by atoms with E-state index in [4.69, 9.17) is 39.9 Å². The summed E-state index contributed by atoms with van der Waals surface area (Å²) in [6, 6.07) is 9.71. The predicted molar refractivity (Wildman–Crippen MR) is 82.2 cm³/mol. The Hall–Kier alpha value is -1.42. The second kappa shape index (κ2) is 6.35. The number of carboxylic acid groups (broad SMARTS) is 1. The minimum atomic E-state index is -0.961. The Morgan fingerprint density at radius 1 is 1.00 bits per heavy atom. The molecule has 2 aromatic carbocycles. The molecule has 0 amide bonds. The molecule has 2 aromatic rings. The highest BCUT2D eigenvalue weighted by atomic mass is 35.5. The van der Waals surface area contributed by atoms with Crippen molar-refractivity contribution in [2.45, 2.75) is 6.54 Å². The maximum absolute atomic E-state index is 10.7. The third-order valence-electron chi connectivity index (χ3n) is 2.74. The van der Waals surface area contributed by atoms with Crippen LogP contribution < -0.4 is 5.32 Å². The fourth-order valence-electron chi connectivity index (χ4n) is 1.65. The van der Waals surface area contributed by atoms with Gasteiger partial charge in [-0.05, 0) is 36.4 Å². The molecule has 2 rings (SSSR count). The summed E-state index contributed by atoms with van der Waals surface area (Å²) < 4.78 is 0. The van der Waals surface area contributed by atoms with Crippen molar-refractivity contribution in [3.8, 4) is 0 Å². The Kier molecular flexibility index (Phi) is 4.76. The van der Waals surface area contributed by atoms with E-state index in [1.165, 1.54) is 12.1 Å². The molecule has 0 radical (unpaired) electrons. The Morgan fingerprint density at radius 2 is 1.60 bits per heavy atom. The Balaban J connectivity index is 2.13. The summed E-state index contributed by atoms with van der Waals surface area (Å²) in [5.41, 5.74) is 1.69. The van der Waals surface area contributed by atoms with Crippen LogP contribution in [0.25, 0.3) is 0 Å². The molecule has 3 nitrogen and oxygen atoms in total. The summed E-state index contributed by atoms with van der Waals surface area (Å²) >= 11 is 18.1. The number of carboxylic acids is 1. The summed E-state index contributed by atoms with van der Waals surface area (Å²) in [5.74, 6) is -0.961. The lowest BCUT2D eigenvalue weighted by Crippen LogP contribution is -2.02. The highest BCUT2D eigenvalue weighted by Crippen LogP contribution is 2.31. The lowest BCUT2D eigenvalue weighted by molar-refractivity contribution is 0.0697. The van der Waals surface area contributed by atoms with Crippen LogP contribution in [0.3, 0.4) is 0 Å². The Labute approximate surface area is 131 Å². The van der Waals surface area contributed by atoms with E-state index < -0.39 is 5.97 Å². The van der Waals surface area contributed by atoms with E-state index in [0.29, 0.717) is 27.2 Å². The molecule has 0 saturated carbocycles. The number of anilines is 1. The van der Waals surface area contributed by atoms with Crippen molar-refractivity contribution in [3.05, 3.63) is 62.6 Å². The third kappa shape index (κ3) is 3.37. The van der Waals surface area contributed by atoms with Gasteiger partial charge in [-0.15, -0.1) is 0 Å². The zero-order valence-corrected chi connectivity index (χ0v) is 12.4. The molecule has 2 N–H and O–H groups in total. The summed E-state index contributed by atoms with van der Waals surface area (Å²) in [6.07, 6.45) is 0. The molecule has 6 heteroatoms. The van der Waals surface area contributed by atoms with Gasteiger partial charge in [-0.25, -0.2) is 4.79 Å². The van der Waals surface area contributed by atoms with Gasteiger partial charge in [0.25, 0.3) is 0 Å². The van der Waals surface area contributed by atoms with Crippen molar-refractivity contribution in [3.63, 3.8) is 0 Å². The SMILES string of the molecule is O=C(O)c1ccc(NCc2c(Cl)ccc(Cl)c2Cl)cc1. The first-order valence-corrected chi connectivity index (χ1v) is 6.82. The van der Waals surface area contributed by atoms with E-state index >= 15 is 0 Å². The average Bonchev–Trinajstić information content (AvgIpc) is 2.43. The molecule has 0 heterocycles. The molecule has 0 atom stereocenters. The smallest absolute Gasteiger partial charge is 0.335 e. The average molecular weight is 331 g/mol. The molecule has 0 spiro atoms. The normalized spacial score (nSPS) is 10.3. The molecule has 0 unspecified atom stereocenters. The second-order valence-electron chi connectivity index (χ2n) is 4.06. The molecule has 0 aliphatic rings. The van der Waals surface area contributed by atoms with Crippen LogP contribution in [0.4, 0.5) is 5.69 Å². The molecule has 0 bridgehead atoms. The Morgan fingerprint density at radius 3 is 2.20 bits per heavy atom. The number of carbonyl (C=O) groups is 1. The van der Waals surface area contributed by atoms with Gasteiger partial charge >= 0.3 is 5.97 Å². The highest BCUT2D eigenvalue weighted by molar-refractivity contribution is 6.44. The van der Waals surface area contributed by atoms with Crippen LogP contribution in [0, 0.1) is 0 Å². The van der Waals surface area contributed by atoms with Crippen LogP contribution in [0.5, 0.6) is 0 Å². The minimum Gasteiger partial charge on any atom is -0.478 e. The standard InChI is InChI=1S/C14H10Cl3NO2/c15-11-5-6-12(16)13(17)10(11)7-18-9-3-1-8(2-4-9)14(19)20/h1-6,18H,7H2,(H,19,20). The maximum atomic E-state index is 10.7. The van der Waals surface area contributed by atoms with Gasteiger partial charge in [0.15, 0.2) is 0 Å². The van der Waals surface area contributed by atoms with Gasteiger partial charge < -0.3 is 10.4 Å². The lowest BCUT2D eigenvalue weighted by Gasteiger charge is -2.11. The van der Waals surface area contributed by atoms with Crippen LogP contribution in [-0.4, -0.2) is 11.1 Å². The van der Waals surface area contributed by atoms with Crippen LogP contribution in [0.1, 0.15) is 15.9 Å². The number of hydrogen-bond acceptors (Lipinski definition) is 2. The van der Waals surface area contributed by atoms with Gasteiger partial charge in [0.2, 0.25) is 0 Å². The van der Waals surface area contributed by atoms with Gasteiger partial charge in [0, 0.05) is 22.8 Å². The van der Waals surface area contributed by atoms with E-state index in [-0.39, 0.29) is 5.56 Å². The molecule has 0 aromatic heterocycles. The van der Waals surface area contributed by atoms with Gasteiger partial charge in [-0.3, -0.25) is 0 Å². The van der Waals surface area contributed by atoms with E-state index in [1.807, 2.05) is 0 Å². The van der Waals surface area contributed by atoms with Crippen molar-refractivity contribution in [2.75, 3.05) is 5.32 Å². The first-order chi connectivity index (χ1) is 9.49. The van der Waals surface area contributed by atoms with Crippen molar-refractivity contribution in [2.24, 2.45) is 0 Å². The van der Waals surface area contributed by atoms with E-state index in [9.17, 15) is 4.79 Å². The van der Waals surface area contributed by atoms with Gasteiger partial charge in [-0.2, -0.15) is 0 Å². The maximum Gasteiger partial charge on any atom is 0.335 e. The van der Waals surface area contributed by atoms with Gasteiger partial charge in [0.1, 0.15) is 0 Å². The predicted octanol–water partition coefficient (Wildman–Crippen LogP) is 4.96. The molecule has 0 aliphatic heterocycles. The zero-order chi connectivity index (χ0) is 14.7. The molecule has 0 fully saturated rings. The summed E-state index contributed by atoms with van der Waals surface area (Å²) in [4.78, 5) is 10.7. The molecular weight excluding hydrogens is 321 g/mol. The first-order valence-electron chi connectivity index (χ1n) is 5.68. The van der Waals surface area contributed by atoms with Crippen LogP contribution >= 0.6 is 34.8 Å². The lowest BCUT2D eigenvalue weighted by atomic mass is 10.2. The molecular formula is C14H10Cl3NO2. The van der Waals surface area contributed by atoms with Crippen molar-refractivity contribution in [1.29, 1.82) is 0 Å². The number of halogens is 3. The highest BCUT2D eigenvalue weighted by Gasteiger charge is 2.09. The first kappa shape index (κ1) is 15.0. The van der Waals surface area contributed by atoms with Crippen molar-refractivity contribution < 1.29 is 9.90 Å². The van der Waals surface area contributed by atoms with Crippen molar-refractivity contribution >= 4 is 46.5 Å². The van der Waals surface area contributed by atoms with Crippen LogP contribution in [0.15, 0.2) is 36.4 Å². The van der Waals surface area contributed by atoms with E-state index in [2.05, 4.69) is 5.32 Å². The fourth-order valence-corrected chi connectivity index (χ4v) is 2.33. The van der Waals surface area contributed by atoms with Gasteiger partial charge in [0.05, 0.1) is 15.6 Å². The van der Waals surface area contributed by atoms with Crippen LogP contribution in [-0.2, 0) is 6.54 Å². The van der Waals surface area contributed by atoms with Gasteiger partial charge in [-0.1, -0.05) is 34.8 Å².